The Morgan fingerprint density at radius 1 is 1.47 bits per heavy atom. The summed E-state index contributed by atoms with van der Waals surface area (Å²) in [5.74, 6) is 1.18. The Morgan fingerprint density at radius 3 is 2.88 bits per heavy atom. The molecule has 0 radical (unpaired) electrons. The molecule has 0 aliphatic rings. The van der Waals surface area contributed by atoms with Gasteiger partial charge in [-0.25, -0.2) is 4.68 Å². The van der Waals surface area contributed by atoms with Gasteiger partial charge in [0.2, 0.25) is 5.88 Å². The number of nitriles is 1. The smallest absolute Gasteiger partial charge is 0.235 e. The van der Waals surface area contributed by atoms with Crippen molar-refractivity contribution in [3.05, 3.63) is 39.1 Å². The van der Waals surface area contributed by atoms with Gasteiger partial charge in [0.25, 0.3) is 0 Å². The van der Waals surface area contributed by atoms with E-state index >= 15 is 0 Å². The molecule has 86 valence electrons. The third kappa shape index (κ3) is 2.42. The molecule has 2 aromatic rings. The highest BCUT2D eigenvalue weighted by molar-refractivity contribution is 14.1. The monoisotopic (exact) mass is 339 g/mol. The van der Waals surface area contributed by atoms with E-state index < -0.39 is 0 Å². The third-order valence-electron chi connectivity index (χ3n) is 2.29. The lowest BCUT2D eigenvalue weighted by atomic mass is 10.3. The number of rotatable bonds is 2. The first-order valence-electron chi connectivity index (χ1n) is 4.99. The highest BCUT2D eigenvalue weighted by Crippen LogP contribution is 2.27. The molecule has 1 aromatic carbocycles. The standard InChI is InChI=1S/C12H10IN3O/c1-8-11(7-14)12(16(2)15-8)17-10-5-3-4-9(13)6-10/h3-6H,1-2H3. The van der Waals surface area contributed by atoms with Crippen LogP contribution in [0.25, 0.3) is 0 Å². The van der Waals surface area contributed by atoms with Crippen molar-refractivity contribution in [3.8, 4) is 17.7 Å². The van der Waals surface area contributed by atoms with Gasteiger partial charge in [-0.1, -0.05) is 6.07 Å². The van der Waals surface area contributed by atoms with Crippen LogP contribution in [0.4, 0.5) is 0 Å². The number of nitrogens with zero attached hydrogens (tertiary/aromatic N) is 3. The van der Waals surface area contributed by atoms with Gasteiger partial charge in [-0.15, -0.1) is 0 Å². The minimum Gasteiger partial charge on any atom is -0.438 e. The molecule has 0 aliphatic heterocycles. The predicted octanol–water partition coefficient (Wildman–Crippen LogP) is 3.00. The second kappa shape index (κ2) is 4.75. The molecular formula is C12H10IN3O. The molecule has 1 aromatic heterocycles. The quantitative estimate of drug-likeness (QED) is 0.791. The van der Waals surface area contributed by atoms with Gasteiger partial charge >= 0.3 is 0 Å². The number of aryl methyl sites for hydroxylation is 2. The van der Waals surface area contributed by atoms with Gasteiger partial charge in [0.15, 0.2) is 0 Å². The highest BCUT2D eigenvalue weighted by Gasteiger charge is 2.14. The lowest BCUT2D eigenvalue weighted by Gasteiger charge is -2.06. The minimum atomic E-state index is 0.478. The van der Waals surface area contributed by atoms with Crippen LogP contribution in [0, 0.1) is 21.8 Å². The normalized spacial score (nSPS) is 10.0. The number of halogens is 1. The number of ether oxygens (including phenoxy) is 1. The van der Waals surface area contributed by atoms with Crippen LogP contribution in [-0.4, -0.2) is 9.78 Å². The van der Waals surface area contributed by atoms with Crippen molar-refractivity contribution in [1.82, 2.24) is 9.78 Å². The number of hydrogen-bond donors (Lipinski definition) is 0. The van der Waals surface area contributed by atoms with Gasteiger partial charge in [-0.3, -0.25) is 0 Å². The molecule has 0 bridgehead atoms. The van der Waals surface area contributed by atoms with E-state index in [0.29, 0.717) is 22.9 Å². The molecule has 2 rings (SSSR count). The summed E-state index contributed by atoms with van der Waals surface area (Å²) in [6, 6.07) is 9.76. The first-order chi connectivity index (χ1) is 8.11. The fraction of sp³-hybridized carbons (Fsp3) is 0.167. The third-order valence-corrected chi connectivity index (χ3v) is 2.96. The van der Waals surface area contributed by atoms with Crippen LogP contribution < -0.4 is 4.74 Å². The summed E-state index contributed by atoms with van der Waals surface area (Å²) in [5, 5.41) is 13.2. The van der Waals surface area contributed by atoms with E-state index in [1.807, 2.05) is 24.3 Å². The van der Waals surface area contributed by atoms with E-state index in [1.54, 1.807) is 18.7 Å². The van der Waals surface area contributed by atoms with Crippen molar-refractivity contribution < 1.29 is 4.74 Å². The van der Waals surface area contributed by atoms with E-state index in [0.717, 1.165) is 3.57 Å². The van der Waals surface area contributed by atoms with E-state index in [9.17, 15) is 0 Å². The highest BCUT2D eigenvalue weighted by atomic mass is 127. The molecule has 0 atom stereocenters. The van der Waals surface area contributed by atoms with Crippen molar-refractivity contribution in [1.29, 1.82) is 5.26 Å². The Bertz CT molecular complexity index is 598. The average Bonchev–Trinajstić information content (AvgIpc) is 2.53. The summed E-state index contributed by atoms with van der Waals surface area (Å²) in [6.07, 6.45) is 0. The van der Waals surface area contributed by atoms with Crippen LogP contribution in [0.2, 0.25) is 0 Å². The molecule has 0 fully saturated rings. The van der Waals surface area contributed by atoms with Crippen molar-refractivity contribution in [2.45, 2.75) is 6.92 Å². The number of hydrogen-bond acceptors (Lipinski definition) is 3. The van der Waals surface area contributed by atoms with Crippen LogP contribution in [0.1, 0.15) is 11.3 Å². The summed E-state index contributed by atoms with van der Waals surface area (Å²) in [4.78, 5) is 0. The second-order valence-electron chi connectivity index (χ2n) is 3.56. The van der Waals surface area contributed by atoms with Crippen LogP contribution in [-0.2, 0) is 7.05 Å². The van der Waals surface area contributed by atoms with Gasteiger partial charge in [0.1, 0.15) is 17.4 Å². The Morgan fingerprint density at radius 2 is 2.24 bits per heavy atom. The number of aromatic nitrogens is 2. The van der Waals surface area contributed by atoms with Crippen molar-refractivity contribution >= 4 is 22.6 Å². The predicted molar refractivity (Wildman–Crippen MR) is 71.9 cm³/mol. The molecule has 0 aliphatic carbocycles. The summed E-state index contributed by atoms with van der Waals surface area (Å²) in [6.45, 7) is 1.79. The van der Waals surface area contributed by atoms with Gasteiger partial charge in [-0.2, -0.15) is 10.4 Å². The molecule has 0 N–H and O–H groups in total. The molecule has 0 unspecified atom stereocenters. The summed E-state index contributed by atoms with van der Waals surface area (Å²) in [5.41, 5.74) is 1.15. The molecule has 5 heteroatoms. The maximum atomic E-state index is 9.06. The maximum Gasteiger partial charge on any atom is 0.235 e. The molecular weight excluding hydrogens is 329 g/mol. The zero-order chi connectivity index (χ0) is 12.4. The molecule has 0 saturated carbocycles. The lowest BCUT2D eigenvalue weighted by Crippen LogP contribution is -1.96. The van der Waals surface area contributed by atoms with Gasteiger partial charge < -0.3 is 4.74 Å². The second-order valence-corrected chi connectivity index (χ2v) is 4.81. The van der Waals surface area contributed by atoms with Crippen molar-refractivity contribution in [3.63, 3.8) is 0 Å². The molecule has 4 nitrogen and oxygen atoms in total. The lowest BCUT2D eigenvalue weighted by molar-refractivity contribution is 0.429. The van der Waals surface area contributed by atoms with Crippen LogP contribution in [0.15, 0.2) is 24.3 Å². The van der Waals surface area contributed by atoms with Gasteiger partial charge in [0.05, 0.1) is 5.69 Å². The maximum absolute atomic E-state index is 9.06. The van der Waals surface area contributed by atoms with E-state index in [4.69, 9.17) is 10.00 Å². The van der Waals surface area contributed by atoms with Crippen LogP contribution in [0.3, 0.4) is 0 Å². The molecule has 1 heterocycles. The Balaban J connectivity index is 2.40. The van der Waals surface area contributed by atoms with E-state index in [-0.39, 0.29) is 0 Å². The Kier molecular flexibility index (Phi) is 3.33. The SMILES string of the molecule is Cc1nn(C)c(Oc2cccc(I)c2)c1C#N. The molecule has 0 amide bonds. The van der Waals surface area contributed by atoms with Crippen LogP contribution >= 0.6 is 22.6 Å². The van der Waals surface area contributed by atoms with Crippen molar-refractivity contribution in [2.75, 3.05) is 0 Å². The van der Waals surface area contributed by atoms with Crippen molar-refractivity contribution in [2.24, 2.45) is 7.05 Å². The molecule has 17 heavy (non-hydrogen) atoms. The van der Waals surface area contributed by atoms with E-state index in [1.165, 1.54) is 0 Å². The van der Waals surface area contributed by atoms with Gasteiger partial charge in [0, 0.05) is 10.6 Å². The van der Waals surface area contributed by atoms with Crippen LogP contribution in [0.5, 0.6) is 11.6 Å². The first kappa shape index (κ1) is 11.9. The fourth-order valence-electron chi connectivity index (χ4n) is 1.52. The molecule has 0 saturated heterocycles. The minimum absolute atomic E-state index is 0.478. The largest absolute Gasteiger partial charge is 0.438 e. The zero-order valence-corrected chi connectivity index (χ0v) is 11.6. The summed E-state index contributed by atoms with van der Waals surface area (Å²) >= 11 is 2.21. The summed E-state index contributed by atoms with van der Waals surface area (Å²) < 4.78 is 8.36. The first-order valence-corrected chi connectivity index (χ1v) is 6.07. The topological polar surface area (TPSA) is 50.8 Å². The average molecular weight is 339 g/mol. The van der Waals surface area contributed by atoms with E-state index in [2.05, 4.69) is 33.8 Å². The summed E-state index contributed by atoms with van der Waals surface area (Å²) in [7, 11) is 1.76. The Hall–Kier alpha value is -1.55. The van der Waals surface area contributed by atoms with Gasteiger partial charge in [-0.05, 0) is 47.7 Å². The molecule has 0 spiro atoms. The fourth-order valence-corrected chi connectivity index (χ4v) is 2.04. The zero-order valence-electron chi connectivity index (χ0n) is 9.44. The number of benzene rings is 1. The Labute approximate surface area is 113 Å².